The normalized spacial score (nSPS) is 15.8. The first kappa shape index (κ1) is 17.1. The highest BCUT2D eigenvalue weighted by Crippen LogP contribution is 2.17. The van der Waals surface area contributed by atoms with E-state index in [1.54, 1.807) is 4.90 Å². The molecule has 0 aliphatic carbocycles. The minimum absolute atomic E-state index is 0.757. The molecule has 0 atom stereocenters. The zero-order valence-corrected chi connectivity index (χ0v) is 15.5. The lowest BCUT2D eigenvalue weighted by atomic mass is 10.0. The fourth-order valence-electron chi connectivity index (χ4n) is 3.52. The third kappa shape index (κ3) is 4.06. The van der Waals surface area contributed by atoms with Crippen molar-refractivity contribution >= 4 is 28.6 Å². The van der Waals surface area contributed by atoms with Crippen molar-refractivity contribution in [2.24, 2.45) is 5.10 Å². The maximum absolute atomic E-state index is 5.92. The smallest absolute Gasteiger partial charge is 0.104 e. The molecule has 1 heterocycles. The Bertz CT molecular complexity index is 891. The van der Waals surface area contributed by atoms with Gasteiger partial charge in [-0.15, -0.1) is 0 Å². The summed E-state index contributed by atoms with van der Waals surface area (Å²) in [7, 11) is 0. The number of nitrogens with one attached hydrogen (secondary N) is 1. The molecule has 0 radical (unpaired) electrons. The zero-order valence-electron chi connectivity index (χ0n) is 14.7. The fourth-order valence-corrected chi connectivity index (χ4v) is 3.64. The van der Waals surface area contributed by atoms with E-state index < -0.39 is 0 Å². The van der Waals surface area contributed by atoms with E-state index in [0.717, 1.165) is 43.3 Å². The Morgan fingerprint density at radius 2 is 1.65 bits per heavy atom. The fraction of sp³-hybridized carbons (Fsp3) is 0.227. The van der Waals surface area contributed by atoms with E-state index in [2.05, 4.69) is 52.6 Å². The van der Waals surface area contributed by atoms with Crippen LogP contribution in [0.1, 0.15) is 11.1 Å². The van der Waals surface area contributed by atoms with E-state index in [1.807, 2.05) is 30.5 Å². The van der Waals surface area contributed by atoms with Gasteiger partial charge in [0.05, 0.1) is 32.4 Å². The Labute approximate surface area is 159 Å². The molecule has 0 bridgehead atoms. The van der Waals surface area contributed by atoms with Gasteiger partial charge in [0.1, 0.15) is 6.54 Å². The van der Waals surface area contributed by atoms with Crippen LogP contribution in [-0.2, 0) is 6.54 Å². The van der Waals surface area contributed by atoms with Gasteiger partial charge >= 0.3 is 0 Å². The molecular weight excluding hydrogens is 342 g/mol. The molecule has 4 rings (SSSR count). The van der Waals surface area contributed by atoms with Crippen molar-refractivity contribution in [1.29, 1.82) is 0 Å². The molecule has 0 saturated carbocycles. The summed E-state index contributed by atoms with van der Waals surface area (Å²) >= 11 is 5.92. The van der Waals surface area contributed by atoms with Crippen molar-refractivity contribution in [3.05, 3.63) is 82.9 Å². The summed E-state index contributed by atoms with van der Waals surface area (Å²) in [6.07, 6.45) is 1.92. The van der Waals surface area contributed by atoms with Gasteiger partial charge in [0, 0.05) is 10.6 Å². The average Bonchev–Trinajstić information content (AvgIpc) is 2.69. The summed E-state index contributed by atoms with van der Waals surface area (Å²) in [5.74, 6) is 0. The van der Waals surface area contributed by atoms with Crippen LogP contribution >= 0.6 is 11.6 Å². The largest absolute Gasteiger partial charge is 0.328 e. The quantitative estimate of drug-likeness (QED) is 0.705. The van der Waals surface area contributed by atoms with Crippen molar-refractivity contribution in [2.45, 2.75) is 6.54 Å². The van der Waals surface area contributed by atoms with Crippen LogP contribution in [0.25, 0.3) is 10.8 Å². The predicted molar refractivity (Wildman–Crippen MR) is 109 cm³/mol. The number of piperazine rings is 1. The lowest BCUT2D eigenvalue weighted by Crippen LogP contribution is -3.13. The summed E-state index contributed by atoms with van der Waals surface area (Å²) in [5.41, 5.74) is 2.52. The van der Waals surface area contributed by atoms with Gasteiger partial charge in [0.15, 0.2) is 0 Å². The topological polar surface area (TPSA) is 20.0 Å². The van der Waals surface area contributed by atoms with Gasteiger partial charge in [-0.05, 0) is 28.5 Å². The van der Waals surface area contributed by atoms with Crippen molar-refractivity contribution < 1.29 is 4.90 Å². The molecule has 0 amide bonds. The van der Waals surface area contributed by atoms with Crippen molar-refractivity contribution in [1.82, 2.24) is 5.01 Å². The van der Waals surface area contributed by atoms with Crippen molar-refractivity contribution in [2.75, 3.05) is 26.2 Å². The molecule has 26 heavy (non-hydrogen) atoms. The maximum Gasteiger partial charge on any atom is 0.104 e. The summed E-state index contributed by atoms with van der Waals surface area (Å²) in [4.78, 5) is 1.62. The number of benzene rings is 3. The van der Waals surface area contributed by atoms with Crippen LogP contribution in [0.5, 0.6) is 0 Å². The van der Waals surface area contributed by atoms with Gasteiger partial charge in [-0.25, -0.2) is 0 Å². The van der Waals surface area contributed by atoms with E-state index in [4.69, 9.17) is 11.6 Å². The second kappa shape index (κ2) is 7.90. The highest BCUT2D eigenvalue weighted by molar-refractivity contribution is 6.30. The summed E-state index contributed by atoms with van der Waals surface area (Å²) in [6, 6.07) is 23.1. The Hall–Kier alpha value is -2.36. The number of hydrogen-bond donors (Lipinski definition) is 1. The first-order chi connectivity index (χ1) is 12.8. The van der Waals surface area contributed by atoms with Crippen molar-refractivity contribution in [3.63, 3.8) is 0 Å². The summed E-state index contributed by atoms with van der Waals surface area (Å²) in [5, 5.41) is 10.3. The Morgan fingerprint density at radius 3 is 2.46 bits per heavy atom. The lowest BCUT2D eigenvalue weighted by molar-refractivity contribution is -0.918. The number of halogens is 1. The number of hydrogen-bond acceptors (Lipinski definition) is 2. The molecule has 3 aromatic rings. The summed E-state index contributed by atoms with van der Waals surface area (Å²) < 4.78 is 0. The van der Waals surface area contributed by atoms with Gasteiger partial charge in [-0.2, -0.15) is 5.10 Å². The van der Waals surface area contributed by atoms with Crippen LogP contribution in [-0.4, -0.2) is 37.4 Å². The molecule has 1 aliphatic rings. The zero-order chi connectivity index (χ0) is 17.8. The second-order valence-corrected chi connectivity index (χ2v) is 7.25. The van der Waals surface area contributed by atoms with Crippen LogP contribution in [0.2, 0.25) is 5.02 Å². The number of quaternary nitrogens is 1. The SMILES string of the molecule is Clc1ccc(/C=N\N2CC[NH+](Cc3cccc4ccccc34)CC2)cc1. The van der Waals surface area contributed by atoms with E-state index in [0.29, 0.717) is 0 Å². The van der Waals surface area contributed by atoms with E-state index in [1.165, 1.54) is 16.3 Å². The van der Waals surface area contributed by atoms with Gasteiger partial charge < -0.3 is 4.90 Å². The second-order valence-electron chi connectivity index (χ2n) is 6.81. The number of fused-ring (bicyclic) bond motifs is 1. The van der Waals surface area contributed by atoms with Crippen LogP contribution in [0, 0.1) is 0 Å². The molecule has 0 unspecified atom stereocenters. The lowest BCUT2D eigenvalue weighted by Gasteiger charge is -2.30. The number of nitrogens with zero attached hydrogens (tertiary/aromatic N) is 2. The minimum atomic E-state index is 0.757. The molecule has 1 N–H and O–H groups in total. The van der Waals surface area contributed by atoms with Crippen molar-refractivity contribution in [3.8, 4) is 0 Å². The van der Waals surface area contributed by atoms with Crippen LogP contribution in [0.4, 0.5) is 0 Å². The molecule has 0 aromatic heterocycles. The number of rotatable bonds is 4. The molecule has 132 valence electrons. The molecule has 3 aromatic carbocycles. The predicted octanol–water partition coefficient (Wildman–Crippen LogP) is 3.23. The van der Waals surface area contributed by atoms with Gasteiger partial charge in [-0.3, -0.25) is 5.01 Å². The summed E-state index contributed by atoms with van der Waals surface area (Å²) in [6.45, 7) is 5.28. The van der Waals surface area contributed by atoms with Gasteiger partial charge in [-0.1, -0.05) is 66.2 Å². The molecule has 0 spiro atoms. The third-order valence-electron chi connectivity index (χ3n) is 5.01. The Morgan fingerprint density at radius 1 is 0.923 bits per heavy atom. The molecule has 1 saturated heterocycles. The third-order valence-corrected chi connectivity index (χ3v) is 5.26. The monoisotopic (exact) mass is 364 g/mol. The first-order valence-electron chi connectivity index (χ1n) is 9.13. The highest BCUT2D eigenvalue weighted by Gasteiger charge is 2.19. The Balaban J connectivity index is 1.35. The standard InChI is InChI=1S/C22H22ClN3/c23-21-10-8-18(9-11-21)16-24-26-14-12-25(13-15-26)17-20-6-3-5-19-4-1-2-7-22(19)20/h1-11,16H,12-15,17H2/p+1/b24-16-. The molecule has 1 fully saturated rings. The number of hydrazone groups is 1. The first-order valence-corrected chi connectivity index (χ1v) is 9.50. The Kier molecular flexibility index (Phi) is 5.19. The molecule has 1 aliphatic heterocycles. The molecule has 4 heteroatoms. The molecular formula is C22H23ClN3+. The maximum atomic E-state index is 5.92. The average molecular weight is 365 g/mol. The van der Waals surface area contributed by atoms with E-state index >= 15 is 0 Å². The van der Waals surface area contributed by atoms with Gasteiger partial charge in [0.2, 0.25) is 0 Å². The van der Waals surface area contributed by atoms with E-state index in [-0.39, 0.29) is 0 Å². The van der Waals surface area contributed by atoms with Crippen LogP contribution < -0.4 is 4.90 Å². The van der Waals surface area contributed by atoms with E-state index in [9.17, 15) is 0 Å². The minimum Gasteiger partial charge on any atom is -0.328 e. The molecule has 3 nitrogen and oxygen atoms in total. The highest BCUT2D eigenvalue weighted by atomic mass is 35.5. The van der Waals surface area contributed by atoms with Crippen LogP contribution in [0.3, 0.4) is 0 Å². The van der Waals surface area contributed by atoms with Gasteiger partial charge in [0.25, 0.3) is 0 Å². The van der Waals surface area contributed by atoms with Crippen LogP contribution in [0.15, 0.2) is 71.8 Å².